The highest BCUT2D eigenvalue weighted by atomic mass is 16.5. The number of aldehydes is 1. The highest BCUT2D eigenvalue weighted by molar-refractivity contribution is 6.49. The molecule has 1 aliphatic rings. The Kier molecular flexibility index (Phi) is 6.91. The molecule has 0 fully saturated rings. The monoisotopic (exact) mass is 397 g/mol. The maximum absolute atomic E-state index is 11.6. The van der Waals surface area contributed by atoms with Crippen LogP contribution in [0.15, 0.2) is 41.8 Å². The summed E-state index contributed by atoms with van der Waals surface area (Å²) in [5, 5.41) is 22.6. The van der Waals surface area contributed by atoms with E-state index < -0.39 is 11.2 Å². The number of nitrogens with one attached hydrogen (secondary N) is 1. The van der Waals surface area contributed by atoms with Gasteiger partial charge in [-0.1, -0.05) is 6.07 Å². The Bertz CT molecular complexity index is 864. The molecule has 7 nitrogen and oxygen atoms in total. The number of hydrogen-bond donors (Lipinski definition) is 2. The summed E-state index contributed by atoms with van der Waals surface area (Å²) in [6.07, 6.45) is 3.85. The first kappa shape index (κ1) is 22.7. The topological polar surface area (TPSA) is 94.8 Å². The van der Waals surface area contributed by atoms with E-state index in [4.69, 9.17) is 9.39 Å². The summed E-state index contributed by atoms with van der Waals surface area (Å²) in [5.74, 6) is 0.967. The molecule has 0 aromatic heterocycles. The van der Waals surface area contributed by atoms with Gasteiger partial charge in [0.1, 0.15) is 18.2 Å². The lowest BCUT2D eigenvalue weighted by molar-refractivity contribution is -0.0893. The van der Waals surface area contributed by atoms with Gasteiger partial charge in [0.05, 0.1) is 22.8 Å². The Morgan fingerprint density at radius 2 is 1.97 bits per heavy atom. The van der Waals surface area contributed by atoms with Crippen molar-refractivity contribution in [2.24, 2.45) is 0 Å². The summed E-state index contributed by atoms with van der Waals surface area (Å²) in [6, 6.07) is 7.32. The molecule has 29 heavy (non-hydrogen) atoms. The number of allylic oxidation sites excluding steroid dienone is 2. The number of nitrogens with zero attached hydrogens (tertiary/aromatic N) is 2. The number of benzene rings is 1. The minimum absolute atomic E-state index is 0.184. The number of aliphatic hydroxyl groups is 1. The van der Waals surface area contributed by atoms with E-state index >= 15 is 0 Å². The van der Waals surface area contributed by atoms with Gasteiger partial charge in [-0.3, -0.25) is 9.69 Å². The lowest BCUT2D eigenvalue weighted by Crippen LogP contribution is -2.49. The molecule has 0 saturated carbocycles. The molecule has 1 aliphatic heterocycles. The Labute approximate surface area is 172 Å². The zero-order valence-corrected chi connectivity index (χ0v) is 17.8. The van der Waals surface area contributed by atoms with E-state index in [1.54, 1.807) is 58.0 Å². The van der Waals surface area contributed by atoms with Crippen molar-refractivity contribution >= 4 is 19.2 Å². The van der Waals surface area contributed by atoms with E-state index in [0.717, 1.165) is 6.29 Å². The van der Waals surface area contributed by atoms with E-state index in [9.17, 15) is 15.2 Å². The molecule has 2 N–H and O–H groups in total. The number of ether oxygens (including phenoxy) is 1. The Morgan fingerprint density at radius 1 is 1.28 bits per heavy atom. The van der Waals surface area contributed by atoms with E-state index in [-0.39, 0.29) is 13.6 Å². The summed E-state index contributed by atoms with van der Waals surface area (Å²) < 4.78 is 11.7. The third kappa shape index (κ3) is 5.48. The van der Waals surface area contributed by atoms with Crippen molar-refractivity contribution in [2.45, 2.75) is 45.1 Å². The zero-order valence-electron chi connectivity index (χ0n) is 17.8. The van der Waals surface area contributed by atoms with Gasteiger partial charge in [-0.15, -0.1) is 0 Å². The second-order valence-corrected chi connectivity index (χ2v) is 8.21. The minimum Gasteiger partial charge on any atom is -0.441 e. The van der Waals surface area contributed by atoms with Crippen LogP contribution in [0.5, 0.6) is 5.75 Å². The van der Waals surface area contributed by atoms with Crippen LogP contribution in [-0.4, -0.2) is 55.2 Å². The van der Waals surface area contributed by atoms with Crippen molar-refractivity contribution in [3.63, 3.8) is 0 Å². The van der Waals surface area contributed by atoms with E-state index in [2.05, 4.69) is 11.4 Å². The van der Waals surface area contributed by atoms with Crippen LogP contribution in [-0.2, 0) is 4.65 Å². The highest BCUT2D eigenvalue weighted by Crippen LogP contribution is 2.24. The Balaban J connectivity index is 2.15. The molecule has 1 heterocycles. The fourth-order valence-electron chi connectivity index (χ4n) is 2.53. The van der Waals surface area contributed by atoms with Crippen LogP contribution >= 0.6 is 0 Å². The van der Waals surface area contributed by atoms with Crippen molar-refractivity contribution < 1.29 is 19.3 Å². The van der Waals surface area contributed by atoms with E-state index in [1.807, 2.05) is 19.0 Å². The minimum atomic E-state index is -1.03. The molecule has 1 aromatic carbocycles. The largest absolute Gasteiger partial charge is 0.441 e. The quantitative estimate of drug-likeness (QED) is 0.503. The lowest BCUT2D eigenvalue weighted by atomic mass is 9.80. The summed E-state index contributed by atoms with van der Waals surface area (Å²) in [4.78, 5) is 13.4. The molecule has 8 heteroatoms. The fourth-order valence-corrected chi connectivity index (χ4v) is 2.53. The maximum Gasteiger partial charge on any atom is 0.310 e. The molecule has 0 amide bonds. The first-order chi connectivity index (χ1) is 13.5. The first-order valence-corrected chi connectivity index (χ1v) is 9.35. The van der Waals surface area contributed by atoms with Crippen LogP contribution < -0.4 is 15.5 Å². The Hall–Kier alpha value is -2.60. The molecular weight excluding hydrogens is 369 g/mol. The molecule has 0 radical (unpaired) electrons. The third-order valence-electron chi connectivity index (χ3n) is 5.17. The van der Waals surface area contributed by atoms with Crippen molar-refractivity contribution in [2.75, 3.05) is 14.1 Å². The first-order valence-electron chi connectivity index (χ1n) is 9.35. The standard InChI is InChI=1S/C21H28BN3O4/c1-20(2,27)21(3,4)29-22-17-9-8-16(11-15(17)13-26)28-18-10-7-14(12-23)19(24-18)25(5)6/h7-11,13,19,22,24,27H,1-6H3. The normalized spacial score (nSPS) is 17.0. The predicted molar refractivity (Wildman–Crippen MR) is 113 cm³/mol. The van der Waals surface area contributed by atoms with Gasteiger partial charge < -0.3 is 19.8 Å². The van der Waals surface area contributed by atoms with E-state index in [0.29, 0.717) is 28.2 Å². The van der Waals surface area contributed by atoms with Crippen molar-refractivity contribution in [1.29, 1.82) is 5.26 Å². The number of rotatable bonds is 8. The molecule has 2 rings (SSSR count). The molecule has 1 aromatic rings. The van der Waals surface area contributed by atoms with Crippen LogP contribution in [0.2, 0.25) is 0 Å². The molecular formula is C21H28BN3O4. The summed E-state index contributed by atoms with van der Waals surface area (Å²) in [5.41, 5.74) is -0.0886. The van der Waals surface area contributed by atoms with Crippen molar-refractivity contribution in [3.05, 3.63) is 47.4 Å². The average Bonchev–Trinajstić information content (AvgIpc) is 2.65. The number of likely N-dealkylation sites (N-methyl/N-ethyl adjacent to an activating group) is 1. The van der Waals surface area contributed by atoms with Crippen molar-refractivity contribution in [3.8, 4) is 11.8 Å². The van der Waals surface area contributed by atoms with Crippen LogP contribution in [0.1, 0.15) is 38.1 Å². The number of carbonyl (C=O) groups excluding carboxylic acids is 1. The summed E-state index contributed by atoms with van der Waals surface area (Å²) >= 11 is 0. The smallest absolute Gasteiger partial charge is 0.310 e. The molecule has 0 saturated heterocycles. The second kappa shape index (κ2) is 8.83. The number of hydrogen-bond acceptors (Lipinski definition) is 7. The molecule has 154 valence electrons. The lowest BCUT2D eigenvalue weighted by Gasteiger charge is -2.37. The van der Waals surface area contributed by atoms with Crippen LogP contribution in [0.25, 0.3) is 0 Å². The molecule has 1 unspecified atom stereocenters. The Morgan fingerprint density at radius 3 is 2.52 bits per heavy atom. The van der Waals surface area contributed by atoms with Gasteiger partial charge in [-0.2, -0.15) is 5.26 Å². The maximum atomic E-state index is 11.6. The van der Waals surface area contributed by atoms with E-state index in [1.165, 1.54) is 0 Å². The van der Waals surface area contributed by atoms with Gasteiger partial charge in [0.2, 0.25) is 0 Å². The number of nitriles is 1. The van der Waals surface area contributed by atoms with Crippen LogP contribution in [0, 0.1) is 11.3 Å². The van der Waals surface area contributed by atoms with Gasteiger partial charge in [0.15, 0.2) is 5.88 Å². The van der Waals surface area contributed by atoms with Crippen molar-refractivity contribution in [1.82, 2.24) is 10.2 Å². The zero-order chi connectivity index (χ0) is 21.8. The third-order valence-corrected chi connectivity index (χ3v) is 5.17. The van der Waals surface area contributed by atoms with Gasteiger partial charge in [0, 0.05) is 5.56 Å². The summed E-state index contributed by atoms with van der Waals surface area (Å²) in [7, 11) is 3.91. The predicted octanol–water partition coefficient (Wildman–Crippen LogP) is 1.20. The summed E-state index contributed by atoms with van der Waals surface area (Å²) in [6.45, 7) is 6.97. The van der Waals surface area contributed by atoms with Gasteiger partial charge in [-0.25, -0.2) is 0 Å². The number of carbonyl (C=O) groups is 1. The highest BCUT2D eigenvalue weighted by Gasteiger charge is 2.35. The van der Waals surface area contributed by atoms with Gasteiger partial charge in [-0.05, 0) is 71.5 Å². The SMILES string of the molecule is CN(C)C1NC(Oc2ccc(BOC(C)(C)C(C)(C)O)c(C=O)c2)=CC=C1C#N. The average molecular weight is 397 g/mol. The molecule has 0 spiro atoms. The molecule has 0 bridgehead atoms. The second-order valence-electron chi connectivity index (χ2n) is 8.21. The number of dihydropyridines is 1. The van der Waals surface area contributed by atoms with Gasteiger partial charge in [0.25, 0.3) is 0 Å². The van der Waals surface area contributed by atoms with Crippen LogP contribution in [0.4, 0.5) is 0 Å². The molecule has 0 aliphatic carbocycles. The molecule has 1 atom stereocenters. The van der Waals surface area contributed by atoms with Gasteiger partial charge >= 0.3 is 7.48 Å². The fraction of sp³-hybridized carbons (Fsp3) is 0.429. The van der Waals surface area contributed by atoms with Crippen LogP contribution in [0.3, 0.4) is 0 Å².